The average molecular weight is 371 g/mol. The van der Waals surface area contributed by atoms with E-state index in [-0.39, 0.29) is 11.6 Å². The summed E-state index contributed by atoms with van der Waals surface area (Å²) in [5, 5.41) is 10.8. The maximum absolute atomic E-state index is 12.3. The average Bonchev–Trinajstić information content (AvgIpc) is 3.00. The Morgan fingerprint density at radius 3 is 2.74 bits per heavy atom. The molecule has 0 saturated heterocycles. The lowest BCUT2D eigenvalue weighted by molar-refractivity contribution is 0.102. The molecule has 0 aliphatic carbocycles. The zero-order valence-electron chi connectivity index (χ0n) is 12.7. The molecule has 0 spiro atoms. The van der Waals surface area contributed by atoms with Gasteiger partial charge in [0.1, 0.15) is 0 Å². The molecule has 2 aromatic carbocycles. The van der Waals surface area contributed by atoms with Gasteiger partial charge in [0.2, 0.25) is 0 Å². The minimum Gasteiger partial charge on any atom is -0.320 e. The van der Waals surface area contributed by atoms with Crippen LogP contribution < -0.4 is 5.32 Å². The number of carbonyl (C=O) groups excluding carboxylic acids is 1. The second-order valence-corrected chi connectivity index (χ2v) is 6.22. The van der Waals surface area contributed by atoms with Crippen molar-refractivity contribution in [3.63, 3.8) is 0 Å². The molecule has 0 bridgehead atoms. The highest BCUT2D eigenvalue weighted by atomic mass is 79.9. The normalized spacial score (nSPS) is 10.6. The summed E-state index contributed by atoms with van der Waals surface area (Å²) >= 11 is 3.40. The number of aromatic nitrogens is 3. The molecule has 1 N–H and O–H groups in total. The van der Waals surface area contributed by atoms with Crippen LogP contribution in [-0.4, -0.2) is 20.9 Å². The van der Waals surface area contributed by atoms with E-state index < -0.39 is 0 Å². The van der Waals surface area contributed by atoms with Crippen LogP contribution in [0.5, 0.6) is 0 Å². The monoisotopic (exact) mass is 370 g/mol. The van der Waals surface area contributed by atoms with Gasteiger partial charge < -0.3 is 5.32 Å². The number of aryl methyl sites for hydroxylation is 2. The minimum absolute atomic E-state index is 0.272. The van der Waals surface area contributed by atoms with Crippen molar-refractivity contribution in [2.24, 2.45) is 0 Å². The molecule has 3 rings (SSSR count). The van der Waals surface area contributed by atoms with Crippen molar-refractivity contribution in [1.82, 2.24) is 15.0 Å². The van der Waals surface area contributed by atoms with Crippen LogP contribution in [0, 0.1) is 13.8 Å². The largest absolute Gasteiger partial charge is 0.320 e. The van der Waals surface area contributed by atoms with Gasteiger partial charge >= 0.3 is 0 Å². The van der Waals surface area contributed by atoms with Gasteiger partial charge in [-0.05, 0) is 55.3 Å². The second kappa shape index (κ2) is 6.34. The number of benzene rings is 2. The number of hydrogen-bond donors (Lipinski definition) is 1. The Morgan fingerprint density at radius 2 is 2.00 bits per heavy atom. The number of amides is 1. The molecule has 1 heterocycles. The van der Waals surface area contributed by atoms with Gasteiger partial charge in [0, 0.05) is 10.2 Å². The first-order valence-electron chi connectivity index (χ1n) is 7.10. The SMILES string of the molecule is Cc1cccc(-n2cc(C(=O)Nc3ccc(Br)cc3C)nn2)c1. The summed E-state index contributed by atoms with van der Waals surface area (Å²) in [5.74, 6) is -0.283. The number of hydrogen-bond acceptors (Lipinski definition) is 3. The van der Waals surface area contributed by atoms with E-state index >= 15 is 0 Å². The Balaban J connectivity index is 1.81. The molecular weight excluding hydrogens is 356 g/mol. The first kappa shape index (κ1) is 15.4. The van der Waals surface area contributed by atoms with Crippen molar-refractivity contribution in [1.29, 1.82) is 0 Å². The highest BCUT2D eigenvalue weighted by Gasteiger charge is 2.13. The van der Waals surface area contributed by atoms with Crippen LogP contribution in [0.1, 0.15) is 21.6 Å². The summed E-state index contributed by atoms with van der Waals surface area (Å²) < 4.78 is 2.56. The van der Waals surface area contributed by atoms with Crippen LogP contribution >= 0.6 is 15.9 Å². The van der Waals surface area contributed by atoms with Gasteiger partial charge in [0.25, 0.3) is 5.91 Å². The van der Waals surface area contributed by atoms with Crippen LogP contribution in [0.2, 0.25) is 0 Å². The predicted octanol–water partition coefficient (Wildman–Crippen LogP) is 3.90. The van der Waals surface area contributed by atoms with Crippen LogP contribution in [-0.2, 0) is 0 Å². The Labute approximate surface area is 142 Å². The van der Waals surface area contributed by atoms with Gasteiger partial charge in [-0.15, -0.1) is 5.10 Å². The van der Waals surface area contributed by atoms with Gasteiger partial charge in [-0.25, -0.2) is 4.68 Å². The third-order valence-corrected chi connectivity index (χ3v) is 3.92. The van der Waals surface area contributed by atoms with E-state index in [1.165, 1.54) is 0 Å². The Kier molecular flexibility index (Phi) is 4.25. The lowest BCUT2D eigenvalue weighted by Gasteiger charge is -2.06. The lowest BCUT2D eigenvalue weighted by Crippen LogP contribution is -2.13. The van der Waals surface area contributed by atoms with Crippen molar-refractivity contribution >= 4 is 27.5 Å². The van der Waals surface area contributed by atoms with E-state index in [2.05, 4.69) is 31.6 Å². The molecule has 0 aliphatic rings. The van der Waals surface area contributed by atoms with Crippen molar-refractivity contribution in [2.45, 2.75) is 13.8 Å². The number of nitrogens with zero attached hydrogens (tertiary/aromatic N) is 3. The van der Waals surface area contributed by atoms with Crippen molar-refractivity contribution in [3.8, 4) is 5.69 Å². The fourth-order valence-electron chi connectivity index (χ4n) is 2.22. The first-order chi connectivity index (χ1) is 11.0. The summed E-state index contributed by atoms with van der Waals surface area (Å²) in [7, 11) is 0. The molecule has 1 amide bonds. The molecule has 5 nitrogen and oxygen atoms in total. The molecule has 23 heavy (non-hydrogen) atoms. The molecular formula is C17H15BrN4O. The van der Waals surface area contributed by atoms with E-state index in [1.54, 1.807) is 10.9 Å². The maximum atomic E-state index is 12.3. The summed E-state index contributed by atoms with van der Waals surface area (Å²) in [6.07, 6.45) is 1.62. The standard InChI is InChI=1S/C17H15BrN4O/c1-11-4-3-5-14(8-11)22-10-16(20-21-22)17(23)19-15-7-6-13(18)9-12(15)2/h3-10H,1-2H3,(H,19,23). The van der Waals surface area contributed by atoms with Gasteiger partial charge in [-0.3, -0.25) is 4.79 Å². The summed E-state index contributed by atoms with van der Waals surface area (Å²) in [6, 6.07) is 13.5. The van der Waals surface area contributed by atoms with Crippen LogP contribution in [0.15, 0.2) is 53.1 Å². The molecule has 0 atom stereocenters. The molecule has 0 unspecified atom stereocenters. The zero-order valence-corrected chi connectivity index (χ0v) is 14.3. The van der Waals surface area contributed by atoms with Gasteiger partial charge in [-0.1, -0.05) is 33.3 Å². The first-order valence-corrected chi connectivity index (χ1v) is 7.89. The molecule has 1 aromatic heterocycles. The van der Waals surface area contributed by atoms with Gasteiger partial charge in [0.05, 0.1) is 11.9 Å². The number of halogens is 1. The molecule has 3 aromatic rings. The number of rotatable bonds is 3. The topological polar surface area (TPSA) is 59.8 Å². The smallest absolute Gasteiger partial charge is 0.277 e. The Morgan fingerprint density at radius 1 is 1.17 bits per heavy atom. The number of nitrogens with one attached hydrogen (secondary N) is 1. The van der Waals surface area contributed by atoms with E-state index in [9.17, 15) is 4.79 Å². The maximum Gasteiger partial charge on any atom is 0.277 e. The molecule has 0 radical (unpaired) electrons. The Hall–Kier alpha value is -2.47. The van der Waals surface area contributed by atoms with Crippen molar-refractivity contribution in [3.05, 3.63) is 70.0 Å². The quantitative estimate of drug-likeness (QED) is 0.760. The molecule has 6 heteroatoms. The lowest BCUT2D eigenvalue weighted by atomic mass is 10.2. The van der Waals surface area contributed by atoms with Crippen molar-refractivity contribution < 1.29 is 4.79 Å². The fourth-order valence-corrected chi connectivity index (χ4v) is 2.69. The van der Waals surface area contributed by atoms with E-state index in [1.807, 2.05) is 56.3 Å². The van der Waals surface area contributed by atoms with Gasteiger partial charge in [-0.2, -0.15) is 0 Å². The van der Waals surface area contributed by atoms with E-state index in [0.29, 0.717) is 0 Å². The van der Waals surface area contributed by atoms with E-state index in [4.69, 9.17) is 0 Å². The third kappa shape index (κ3) is 3.48. The van der Waals surface area contributed by atoms with Crippen LogP contribution in [0.25, 0.3) is 5.69 Å². The van der Waals surface area contributed by atoms with Gasteiger partial charge in [0.15, 0.2) is 5.69 Å². The summed E-state index contributed by atoms with van der Waals surface area (Å²) in [6.45, 7) is 3.94. The zero-order chi connectivity index (χ0) is 16.4. The fraction of sp³-hybridized carbons (Fsp3) is 0.118. The molecule has 0 fully saturated rings. The summed E-state index contributed by atoms with van der Waals surface area (Å²) in [4.78, 5) is 12.3. The Bertz CT molecular complexity index is 873. The summed E-state index contributed by atoms with van der Waals surface area (Å²) in [5.41, 5.74) is 3.99. The minimum atomic E-state index is -0.283. The number of anilines is 1. The third-order valence-electron chi connectivity index (χ3n) is 3.43. The number of carbonyl (C=O) groups is 1. The molecule has 0 aliphatic heterocycles. The highest BCUT2D eigenvalue weighted by molar-refractivity contribution is 9.10. The van der Waals surface area contributed by atoms with E-state index in [0.717, 1.165) is 27.0 Å². The van der Waals surface area contributed by atoms with Crippen LogP contribution in [0.4, 0.5) is 5.69 Å². The predicted molar refractivity (Wildman–Crippen MR) is 92.9 cm³/mol. The molecule has 116 valence electrons. The van der Waals surface area contributed by atoms with Crippen molar-refractivity contribution in [2.75, 3.05) is 5.32 Å². The highest BCUT2D eigenvalue weighted by Crippen LogP contribution is 2.20. The molecule has 0 saturated carbocycles. The van der Waals surface area contributed by atoms with Crippen LogP contribution in [0.3, 0.4) is 0 Å². The second-order valence-electron chi connectivity index (χ2n) is 5.30.